The summed E-state index contributed by atoms with van der Waals surface area (Å²) in [6.07, 6.45) is 3.13. The number of piperidine rings is 1. The highest BCUT2D eigenvalue weighted by Crippen LogP contribution is 2.28. The quantitative estimate of drug-likeness (QED) is 0.650. The minimum Gasteiger partial charge on any atom is -0.493 e. The lowest BCUT2D eigenvalue weighted by atomic mass is 9.88. The molecule has 1 aliphatic heterocycles. The van der Waals surface area contributed by atoms with E-state index in [1.165, 1.54) is 0 Å². The van der Waals surface area contributed by atoms with Crippen LogP contribution >= 0.6 is 0 Å². The number of amides is 1. The maximum atomic E-state index is 13.0. The Hall–Kier alpha value is -3.28. The van der Waals surface area contributed by atoms with Crippen molar-refractivity contribution in [2.75, 3.05) is 26.8 Å². The van der Waals surface area contributed by atoms with Crippen molar-refractivity contribution < 1.29 is 19.1 Å². The minimum atomic E-state index is -0.0751. The van der Waals surface area contributed by atoms with Crippen LogP contribution in [0.5, 0.6) is 11.5 Å². The maximum absolute atomic E-state index is 13.0. The lowest BCUT2D eigenvalue weighted by molar-refractivity contribution is -0.134. The molecule has 0 spiro atoms. The van der Waals surface area contributed by atoms with E-state index in [0.717, 1.165) is 16.5 Å². The Morgan fingerprint density at radius 2 is 1.72 bits per heavy atom. The number of carbonyl (C=O) groups excluding carboxylic acids is 2. The molecule has 3 aromatic rings. The van der Waals surface area contributed by atoms with Gasteiger partial charge in [0.1, 0.15) is 0 Å². The minimum absolute atomic E-state index is 0.0402. The number of para-hydroxylation sites is 3. The summed E-state index contributed by atoms with van der Waals surface area (Å²) in [6.45, 7) is 1.08. The largest absolute Gasteiger partial charge is 0.493 e. The number of fused-ring (bicyclic) bond motifs is 1. The highest BCUT2D eigenvalue weighted by molar-refractivity contribution is 6.08. The van der Waals surface area contributed by atoms with Gasteiger partial charge in [-0.05, 0) is 31.0 Å². The summed E-state index contributed by atoms with van der Waals surface area (Å²) in [5, 5.41) is 0.959. The predicted molar refractivity (Wildman–Crippen MR) is 110 cm³/mol. The Balaban J connectivity index is 1.33. The van der Waals surface area contributed by atoms with Gasteiger partial charge in [-0.15, -0.1) is 0 Å². The number of carbonyl (C=O) groups is 2. The van der Waals surface area contributed by atoms with E-state index in [1.54, 1.807) is 30.3 Å². The molecule has 0 unspecified atom stereocenters. The Labute approximate surface area is 169 Å². The highest BCUT2D eigenvalue weighted by atomic mass is 16.5. The van der Waals surface area contributed by atoms with Crippen LogP contribution in [0.15, 0.2) is 54.7 Å². The number of methoxy groups -OCH3 is 1. The van der Waals surface area contributed by atoms with Crippen molar-refractivity contribution in [3.8, 4) is 11.5 Å². The van der Waals surface area contributed by atoms with Crippen molar-refractivity contribution in [3.63, 3.8) is 0 Å². The molecule has 6 heteroatoms. The highest BCUT2D eigenvalue weighted by Gasteiger charge is 2.29. The maximum Gasteiger partial charge on any atom is 0.260 e. The number of aromatic nitrogens is 1. The predicted octanol–water partition coefficient (Wildman–Crippen LogP) is 3.68. The smallest absolute Gasteiger partial charge is 0.260 e. The average Bonchev–Trinajstić information content (AvgIpc) is 3.21. The standard InChI is InChI=1S/C23H24N2O4/c1-28-20-8-4-5-9-21(20)29-15-22(26)25-12-10-16(11-13-25)23(27)18-14-24-19-7-3-2-6-17(18)19/h2-9,14,16,24H,10-13,15H2,1H3. The molecular weight excluding hydrogens is 368 g/mol. The number of Topliss-reactive ketones (excluding diaryl/α,β-unsaturated/α-hetero) is 1. The zero-order valence-corrected chi connectivity index (χ0v) is 16.4. The van der Waals surface area contributed by atoms with Gasteiger partial charge in [0.2, 0.25) is 0 Å². The summed E-state index contributed by atoms with van der Waals surface area (Å²) < 4.78 is 10.9. The summed E-state index contributed by atoms with van der Waals surface area (Å²) >= 11 is 0. The van der Waals surface area contributed by atoms with Gasteiger partial charge in [-0.2, -0.15) is 0 Å². The number of nitrogens with one attached hydrogen (secondary N) is 1. The number of H-pyrrole nitrogens is 1. The Bertz CT molecular complexity index is 1020. The molecule has 1 amide bonds. The van der Waals surface area contributed by atoms with E-state index in [4.69, 9.17) is 9.47 Å². The van der Waals surface area contributed by atoms with Crippen LogP contribution in [0.2, 0.25) is 0 Å². The first kappa shape index (κ1) is 19.1. The van der Waals surface area contributed by atoms with Gasteiger partial charge in [-0.25, -0.2) is 0 Å². The molecular formula is C23H24N2O4. The third-order valence-corrected chi connectivity index (χ3v) is 5.49. The number of likely N-dealkylation sites (tertiary alicyclic amines) is 1. The van der Waals surface area contributed by atoms with E-state index in [2.05, 4.69) is 4.98 Å². The van der Waals surface area contributed by atoms with Gasteiger partial charge in [-0.1, -0.05) is 30.3 Å². The molecule has 1 aromatic heterocycles. The van der Waals surface area contributed by atoms with Gasteiger partial charge in [0, 0.05) is 41.7 Å². The molecule has 6 nitrogen and oxygen atoms in total. The van der Waals surface area contributed by atoms with E-state index in [1.807, 2.05) is 36.4 Å². The molecule has 1 aliphatic rings. The van der Waals surface area contributed by atoms with Crippen molar-refractivity contribution >= 4 is 22.6 Å². The number of rotatable bonds is 6. The van der Waals surface area contributed by atoms with E-state index in [0.29, 0.717) is 37.4 Å². The lowest BCUT2D eigenvalue weighted by Gasteiger charge is -2.31. The number of nitrogens with zero attached hydrogens (tertiary/aromatic N) is 1. The van der Waals surface area contributed by atoms with Gasteiger partial charge in [0.15, 0.2) is 23.9 Å². The lowest BCUT2D eigenvalue weighted by Crippen LogP contribution is -2.42. The van der Waals surface area contributed by atoms with Crippen LogP contribution in [0, 0.1) is 5.92 Å². The summed E-state index contributed by atoms with van der Waals surface area (Å²) in [5.74, 6) is 1.16. The van der Waals surface area contributed by atoms with E-state index < -0.39 is 0 Å². The fourth-order valence-electron chi connectivity index (χ4n) is 3.86. The molecule has 1 saturated heterocycles. The van der Waals surface area contributed by atoms with Crippen molar-refractivity contribution in [1.29, 1.82) is 0 Å². The van der Waals surface area contributed by atoms with Gasteiger partial charge in [0.25, 0.3) is 5.91 Å². The molecule has 0 atom stereocenters. The number of benzene rings is 2. The second kappa shape index (κ2) is 8.39. The molecule has 1 fully saturated rings. The summed E-state index contributed by atoms with van der Waals surface area (Å²) in [6, 6.07) is 15.1. The summed E-state index contributed by atoms with van der Waals surface area (Å²) in [7, 11) is 1.57. The second-order valence-corrected chi connectivity index (χ2v) is 7.21. The van der Waals surface area contributed by atoms with Gasteiger partial charge < -0.3 is 19.4 Å². The molecule has 0 radical (unpaired) electrons. The fourth-order valence-corrected chi connectivity index (χ4v) is 3.86. The molecule has 150 valence electrons. The van der Waals surface area contributed by atoms with Crippen molar-refractivity contribution in [1.82, 2.24) is 9.88 Å². The SMILES string of the molecule is COc1ccccc1OCC(=O)N1CCC(C(=O)c2c[nH]c3ccccc23)CC1. The molecule has 2 heterocycles. The van der Waals surface area contributed by atoms with E-state index in [9.17, 15) is 9.59 Å². The van der Waals surface area contributed by atoms with Crippen LogP contribution < -0.4 is 9.47 Å². The zero-order valence-electron chi connectivity index (χ0n) is 16.4. The molecule has 29 heavy (non-hydrogen) atoms. The van der Waals surface area contributed by atoms with Crippen LogP contribution in [0.25, 0.3) is 10.9 Å². The normalized spacial score (nSPS) is 14.7. The number of ketones is 1. The fraction of sp³-hybridized carbons (Fsp3) is 0.304. The molecule has 2 aromatic carbocycles. The Kier molecular flexibility index (Phi) is 5.51. The molecule has 0 saturated carbocycles. The molecule has 0 bridgehead atoms. The van der Waals surface area contributed by atoms with Crippen molar-refractivity contribution in [3.05, 3.63) is 60.3 Å². The Morgan fingerprint density at radius 3 is 2.48 bits per heavy atom. The van der Waals surface area contributed by atoms with Crippen molar-refractivity contribution in [2.24, 2.45) is 5.92 Å². The summed E-state index contributed by atoms with van der Waals surface area (Å²) in [4.78, 5) is 30.4. The van der Waals surface area contributed by atoms with Gasteiger partial charge in [-0.3, -0.25) is 9.59 Å². The average molecular weight is 392 g/mol. The molecule has 4 rings (SSSR count). The van der Waals surface area contributed by atoms with Crippen molar-refractivity contribution in [2.45, 2.75) is 12.8 Å². The first-order valence-electron chi connectivity index (χ1n) is 9.81. The zero-order chi connectivity index (χ0) is 20.2. The van der Waals surface area contributed by atoms with Crippen LogP contribution in [0.4, 0.5) is 0 Å². The third kappa shape index (κ3) is 3.97. The molecule has 1 N–H and O–H groups in total. The number of ether oxygens (including phenoxy) is 2. The second-order valence-electron chi connectivity index (χ2n) is 7.21. The van der Waals surface area contributed by atoms with Crippen LogP contribution in [0.3, 0.4) is 0 Å². The van der Waals surface area contributed by atoms with E-state index in [-0.39, 0.29) is 24.2 Å². The number of hydrogen-bond acceptors (Lipinski definition) is 4. The Morgan fingerprint density at radius 1 is 1.03 bits per heavy atom. The first-order valence-corrected chi connectivity index (χ1v) is 9.81. The van der Waals surface area contributed by atoms with E-state index >= 15 is 0 Å². The first-order chi connectivity index (χ1) is 14.2. The van der Waals surface area contributed by atoms with Crippen LogP contribution in [-0.2, 0) is 4.79 Å². The topological polar surface area (TPSA) is 71.6 Å². The monoisotopic (exact) mass is 392 g/mol. The van der Waals surface area contributed by atoms with Crippen LogP contribution in [0.1, 0.15) is 23.2 Å². The summed E-state index contributed by atoms with van der Waals surface area (Å²) in [5.41, 5.74) is 1.71. The number of hydrogen-bond donors (Lipinski definition) is 1. The molecule has 0 aliphatic carbocycles. The number of aromatic amines is 1. The van der Waals surface area contributed by atoms with Gasteiger partial charge >= 0.3 is 0 Å². The third-order valence-electron chi connectivity index (χ3n) is 5.49. The van der Waals surface area contributed by atoms with Gasteiger partial charge in [0.05, 0.1) is 7.11 Å². The van der Waals surface area contributed by atoms with Crippen LogP contribution in [-0.4, -0.2) is 48.4 Å².